The molecule has 0 aliphatic carbocycles. The van der Waals surface area contributed by atoms with Gasteiger partial charge < -0.3 is 10.1 Å². The van der Waals surface area contributed by atoms with Gasteiger partial charge in [-0.25, -0.2) is 0 Å². The van der Waals surface area contributed by atoms with Gasteiger partial charge in [0, 0.05) is 18.7 Å². The van der Waals surface area contributed by atoms with Crippen molar-refractivity contribution in [2.45, 2.75) is 20.0 Å². The Labute approximate surface area is 101 Å². The molecule has 0 amide bonds. The molecule has 1 heterocycles. The van der Waals surface area contributed by atoms with Crippen molar-refractivity contribution in [1.82, 2.24) is 15.1 Å². The van der Waals surface area contributed by atoms with Crippen molar-refractivity contribution < 1.29 is 4.74 Å². The van der Waals surface area contributed by atoms with Crippen molar-refractivity contribution in [3.05, 3.63) is 42.2 Å². The SMILES string of the molecule is CCn1cc(Oc2ccccc2CNC)cn1. The zero-order valence-electron chi connectivity index (χ0n) is 10.2. The fourth-order valence-electron chi connectivity index (χ4n) is 1.64. The summed E-state index contributed by atoms with van der Waals surface area (Å²) in [6, 6.07) is 8.00. The zero-order chi connectivity index (χ0) is 12.1. The Morgan fingerprint density at radius 1 is 1.35 bits per heavy atom. The van der Waals surface area contributed by atoms with Gasteiger partial charge in [0.05, 0.1) is 12.4 Å². The van der Waals surface area contributed by atoms with E-state index in [9.17, 15) is 0 Å². The van der Waals surface area contributed by atoms with E-state index in [0.717, 1.165) is 30.2 Å². The molecular formula is C13H17N3O. The Balaban J connectivity index is 2.17. The highest BCUT2D eigenvalue weighted by Crippen LogP contribution is 2.24. The third-order valence-electron chi connectivity index (χ3n) is 2.50. The van der Waals surface area contributed by atoms with Crippen molar-refractivity contribution in [1.29, 1.82) is 0 Å². The highest BCUT2D eigenvalue weighted by atomic mass is 16.5. The standard InChI is InChI=1S/C13H17N3O/c1-3-16-10-12(9-15-16)17-13-7-5-4-6-11(13)8-14-2/h4-7,9-10,14H,3,8H2,1-2H3. The van der Waals surface area contributed by atoms with E-state index in [-0.39, 0.29) is 0 Å². The van der Waals surface area contributed by atoms with Gasteiger partial charge in [0.15, 0.2) is 5.75 Å². The van der Waals surface area contributed by atoms with E-state index in [1.165, 1.54) is 0 Å². The lowest BCUT2D eigenvalue weighted by Crippen LogP contribution is -2.06. The lowest BCUT2D eigenvalue weighted by Gasteiger charge is -2.08. The Bertz CT molecular complexity index is 479. The van der Waals surface area contributed by atoms with Gasteiger partial charge in [-0.05, 0) is 20.0 Å². The van der Waals surface area contributed by atoms with Crippen LogP contribution in [0.25, 0.3) is 0 Å². The molecule has 0 bridgehead atoms. The maximum Gasteiger partial charge on any atom is 0.165 e. The summed E-state index contributed by atoms with van der Waals surface area (Å²) in [4.78, 5) is 0. The molecule has 1 N–H and O–H groups in total. The smallest absolute Gasteiger partial charge is 0.165 e. The number of benzene rings is 1. The second kappa shape index (κ2) is 5.50. The first-order valence-corrected chi connectivity index (χ1v) is 5.76. The van der Waals surface area contributed by atoms with Gasteiger partial charge >= 0.3 is 0 Å². The van der Waals surface area contributed by atoms with Crippen molar-refractivity contribution >= 4 is 0 Å². The Kier molecular flexibility index (Phi) is 3.77. The van der Waals surface area contributed by atoms with Crippen molar-refractivity contribution in [2.75, 3.05) is 7.05 Å². The molecule has 2 aromatic rings. The number of ether oxygens (including phenoxy) is 1. The van der Waals surface area contributed by atoms with Gasteiger partial charge in [0.1, 0.15) is 5.75 Å². The lowest BCUT2D eigenvalue weighted by molar-refractivity contribution is 0.473. The molecule has 0 saturated heterocycles. The van der Waals surface area contributed by atoms with E-state index in [1.807, 2.05) is 43.0 Å². The predicted molar refractivity (Wildman–Crippen MR) is 67.2 cm³/mol. The molecule has 0 saturated carbocycles. The molecule has 0 radical (unpaired) electrons. The molecule has 0 spiro atoms. The summed E-state index contributed by atoms with van der Waals surface area (Å²) in [6.45, 7) is 3.69. The molecule has 90 valence electrons. The molecular weight excluding hydrogens is 214 g/mol. The summed E-state index contributed by atoms with van der Waals surface area (Å²) in [6.07, 6.45) is 3.63. The highest BCUT2D eigenvalue weighted by molar-refractivity contribution is 5.36. The van der Waals surface area contributed by atoms with E-state index in [4.69, 9.17) is 4.74 Å². The van der Waals surface area contributed by atoms with Crippen LogP contribution >= 0.6 is 0 Å². The average Bonchev–Trinajstić information content (AvgIpc) is 2.80. The molecule has 0 aliphatic heterocycles. The normalized spacial score (nSPS) is 10.5. The molecule has 1 aromatic carbocycles. The Morgan fingerprint density at radius 2 is 2.18 bits per heavy atom. The molecule has 17 heavy (non-hydrogen) atoms. The van der Waals surface area contributed by atoms with Gasteiger partial charge in [-0.15, -0.1) is 0 Å². The molecule has 0 atom stereocenters. The van der Waals surface area contributed by atoms with Crippen molar-refractivity contribution in [3.63, 3.8) is 0 Å². The molecule has 0 unspecified atom stereocenters. The zero-order valence-corrected chi connectivity index (χ0v) is 10.2. The fourth-order valence-corrected chi connectivity index (χ4v) is 1.64. The minimum atomic E-state index is 0.774. The number of nitrogens with zero attached hydrogens (tertiary/aromatic N) is 2. The third-order valence-corrected chi connectivity index (χ3v) is 2.50. The Morgan fingerprint density at radius 3 is 2.88 bits per heavy atom. The van der Waals surface area contributed by atoms with E-state index < -0.39 is 0 Å². The second-order valence-corrected chi connectivity index (χ2v) is 3.77. The number of para-hydroxylation sites is 1. The predicted octanol–water partition coefficient (Wildman–Crippen LogP) is 2.41. The molecule has 4 heteroatoms. The summed E-state index contributed by atoms with van der Waals surface area (Å²) >= 11 is 0. The van der Waals surface area contributed by atoms with E-state index in [0.29, 0.717) is 0 Å². The monoisotopic (exact) mass is 231 g/mol. The van der Waals surface area contributed by atoms with Crippen LogP contribution in [0, 0.1) is 0 Å². The summed E-state index contributed by atoms with van der Waals surface area (Å²) in [5.74, 6) is 1.65. The first kappa shape index (κ1) is 11.7. The quantitative estimate of drug-likeness (QED) is 0.859. The fraction of sp³-hybridized carbons (Fsp3) is 0.308. The van der Waals surface area contributed by atoms with Gasteiger partial charge in [0.2, 0.25) is 0 Å². The van der Waals surface area contributed by atoms with Crippen LogP contribution < -0.4 is 10.1 Å². The van der Waals surface area contributed by atoms with Gasteiger partial charge in [-0.3, -0.25) is 4.68 Å². The summed E-state index contributed by atoms with van der Waals surface area (Å²) in [5, 5.41) is 7.31. The summed E-state index contributed by atoms with van der Waals surface area (Å²) in [7, 11) is 1.92. The molecule has 0 fully saturated rings. The lowest BCUT2D eigenvalue weighted by atomic mass is 10.2. The van der Waals surface area contributed by atoms with E-state index >= 15 is 0 Å². The van der Waals surface area contributed by atoms with Crippen LogP contribution in [0.1, 0.15) is 12.5 Å². The maximum absolute atomic E-state index is 5.82. The first-order valence-electron chi connectivity index (χ1n) is 5.76. The summed E-state index contributed by atoms with van der Waals surface area (Å²) in [5.41, 5.74) is 1.14. The van der Waals surface area contributed by atoms with Crippen LogP contribution in [-0.2, 0) is 13.1 Å². The van der Waals surface area contributed by atoms with E-state index in [2.05, 4.69) is 16.5 Å². The molecule has 4 nitrogen and oxygen atoms in total. The van der Waals surface area contributed by atoms with Crippen LogP contribution in [-0.4, -0.2) is 16.8 Å². The average molecular weight is 231 g/mol. The summed E-state index contributed by atoms with van der Waals surface area (Å²) < 4.78 is 7.66. The largest absolute Gasteiger partial charge is 0.454 e. The topological polar surface area (TPSA) is 39.1 Å². The Hall–Kier alpha value is -1.81. The molecule has 2 rings (SSSR count). The van der Waals surface area contributed by atoms with Crippen LogP contribution in [0.15, 0.2) is 36.7 Å². The van der Waals surface area contributed by atoms with E-state index in [1.54, 1.807) is 6.20 Å². The van der Waals surface area contributed by atoms with Crippen LogP contribution in [0.3, 0.4) is 0 Å². The maximum atomic E-state index is 5.82. The van der Waals surface area contributed by atoms with Crippen LogP contribution in [0.5, 0.6) is 11.5 Å². The molecule has 0 aliphatic rings. The van der Waals surface area contributed by atoms with Crippen LogP contribution in [0.2, 0.25) is 0 Å². The molecule has 1 aromatic heterocycles. The minimum absolute atomic E-state index is 0.774. The number of aryl methyl sites for hydroxylation is 1. The van der Waals surface area contributed by atoms with Gasteiger partial charge in [-0.2, -0.15) is 5.10 Å². The highest BCUT2D eigenvalue weighted by Gasteiger charge is 2.04. The number of aromatic nitrogens is 2. The second-order valence-electron chi connectivity index (χ2n) is 3.77. The number of hydrogen-bond acceptors (Lipinski definition) is 3. The van der Waals surface area contributed by atoms with Gasteiger partial charge in [-0.1, -0.05) is 18.2 Å². The van der Waals surface area contributed by atoms with Crippen molar-refractivity contribution in [3.8, 4) is 11.5 Å². The van der Waals surface area contributed by atoms with Gasteiger partial charge in [0.25, 0.3) is 0 Å². The third kappa shape index (κ3) is 2.85. The van der Waals surface area contributed by atoms with Crippen molar-refractivity contribution in [2.24, 2.45) is 0 Å². The minimum Gasteiger partial charge on any atom is -0.454 e. The number of rotatable bonds is 5. The number of hydrogen-bond donors (Lipinski definition) is 1. The van der Waals surface area contributed by atoms with Crippen LogP contribution in [0.4, 0.5) is 0 Å². The number of nitrogens with one attached hydrogen (secondary N) is 1. The first-order chi connectivity index (χ1) is 8.33.